The van der Waals surface area contributed by atoms with E-state index < -0.39 is 5.91 Å². The fourth-order valence-corrected chi connectivity index (χ4v) is 0.677. The highest BCUT2D eigenvalue weighted by Gasteiger charge is 2.02. The minimum absolute atomic E-state index is 0.167. The molecule has 0 atom stereocenters. The molecule has 2 N–H and O–H groups in total. The average molecular weight is 156 g/mol. The van der Waals surface area contributed by atoms with Crippen LogP contribution in [0, 0.1) is 0 Å². The maximum Gasteiger partial charge on any atom is 0.345 e. The molecule has 0 saturated heterocycles. The molecule has 1 aromatic heterocycles. The monoisotopic (exact) mass is 156 g/mol. The smallest absolute Gasteiger partial charge is 0.345 e. The van der Waals surface area contributed by atoms with Gasteiger partial charge in [0.1, 0.15) is 12.9 Å². The van der Waals surface area contributed by atoms with Crippen molar-refractivity contribution in [1.29, 1.82) is 0 Å². The molecular formula is C5H8N4O2. The lowest BCUT2D eigenvalue weighted by Gasteiger charge is -1.91. The highest BCUT2D eigenvalue weighted by molar-refractivity contribution is 5.73. The van der Waals surface area contributed by atoms with Gasteiger partial charge < -0.3 is 5.73 Å². The van der Waals surface area contributed by atoms with Gasteiger partial charge in [0.15, 0.2) is 0 Å². The molecule has 6 nitrogen and oxygen atoms in total. The van der Waals surface area contributed by atoms with Gasteiger partial charge in [0.2, 0.25) is 5.91 Å². The number of carbonyl (C=O) groups excluding carboxylic acids is 1. The Morgan fingerprint density at radius 1 is 1.82 bits per heavy atom. The molecule has 0 bridgehead atoms. The van der Waals surface area contributed by atoms with Crippen LogP contribution in [0.1, 0.15) is 0 Å². The number of primary amides is 1. The lowest BCUT2D eigenvalue weighted by Crippen LogP contribution is -2.29. The van der Waals surface area contributed by atoms with Gasteiger partial charge in [-0.3, -0.25) is 9.36 Å². The van der Waals surface area contributed by atoms with Crippen LogP contribution < -0.4 is 11.4 Å². The highest BCUT2D eigenvalue weighted by Crippen LogP contribution is 1.73. The van der Waals surface area contributed by atoms with E-state index in [1.54, 1.807) is 7.05 Å². The Bertz CT molecular complexity index is 323. The van der Waals surface area contributed by atoms with E-state index >= 15 is 0 Å². The van der Waals surface area contributed by atoms with Gasteiger partial charge in [-0.25, -0.2) is 9.48 Å². The molecule has 0 spiro atoms. The third-order valence-corrected chi connectivity index (χ3v) is 1.19. The summed E-state index contributed by atoms with van der Waals surface area (Å²) in [6.07, 6.45) is 1.32. The molecular weight excluding hydrogens is 148 g/mol. The Morgan fingerprint density at radius 2 is 2.45 bits per heavy atom. The van der Waals surface area contributed by atoms with Crippen LogP contribution in [0.4, 0.5) is 0 Å². The summed E-state index contributed by atoms with van der Waals surface area (Å²) in [6.45, 7) is -0.167. The van der Waals surface area contributed by atoms with E-state index in [1.807, 2.05) is 0 Å². The Balaban J connectivity index is 2.97. The lowest BCUT2D eigenvalue weighted by atomic mass is 10.6. The molecule has 11 heavy (non-hydrogen) atoms. The van der Waals surface area contributed by atoms with E-state index in [0.717, 1.165) is 4.68 Å². The zero-order valence-corrected chi connectivity index (χ0v) is 6.02. The topological polar surface area (TPSA) is 82.9 Å². The zero-order chi connectivity index (χ0) is 8.43. The van der Waals surface area contributed by atoms with Gasteiger partial charge in [-0.2, -0.15) is 5.10 Å². The minimum Gasteiger partial charge on any atom is -0.368 e. The molecule has 1 amide bonds. The van der Waals surface area contributed by atoms with Crippen molar-refractivity contribution in [3.63, 3.8) is 0 Å². The van der Waals surface area contributed by atoms with Crippen LogP contribution in [0.3, 0.4) is 0 Å². The molecule has 0 saturated carbocycles. The SMILES string of the molecule is Cn1cnn(CC(N)=O)c1=O. The second kappa shape index (κ2) is 2.57. The van der Waals surface area contributed by atoms with Crippen molar-refractivity contribution in [3.8, 4) is 0 Å². The molecule has 0 radical (unpaired) electrons. The number of carbonyl (C=O) groups is 1. The summed E-state index contributed by atoms with van der Waals surface area (Å²) >= 11 is 0. The molecule has 1 heterocycles. The van der Waals surface area contributed by atoms with Crippen LogP contribution >= 0.6 is 0 Å². The van der Waals surface area contributed by atoms with E-state index in [4.69, 9.17) is 5.73 Å². The fraction of sp³-hybridized carbons (Fsp3) is 0.400. The van der Waals surface area contributed by atoms with E-state index in [-0.39, 0.29) is 12.2 Å². The van der Waals surface area contributed by atoms with Gasteiger partial charge in [0, 0.05) is 7.05 Å². The zero-order valence-electron chi connectivity index (χ0n) is 6.02. The maximum atomic E-state index is 11.0. The number of nitrogens with two attached hydrogens (primary N) is 1. The number of hydrogen-bond acceptors (Lipinski definition) is 3. The van der Waals surface area contributed by atoms with Crippen LogP contribution in [-0.4, -0.2) is 20.3 Å². The molecule has 1 rings (SSSR count). The van der Waals surface area contributed by atoms with E-state index in [9.17, 15) is 9.59 Å². The number of hydrogen-bond donors (Lipinski definition) is 1. The summed E-state index contributed by atoms with van der Waals surface area (Å²) in [7, 11) is 1.55. The largest absolute Gasteiger partial charge is 0.368 e. The number of aromatic nitrogens is 3. The van der Waals surface area contributed by atoms with Crippen molar-refractivity contribution in [3.05, 3.63) is 16.8 Å². The second-order valence-electron chi connectivity index (χ2n) is 2.15. The van der Waals surface area contributed by atoms with Crippen LogP contribution in [-0.2, 0) is 18.4 Å². The standard InChI is InChI=1S/C5H8N4O2/c1-8-3-7-9(5(8)11)2-4(6)10/h3H,2H2,1H3,(H2,6,10). The van der Waals surface area contributed by atoms with Gasteiger partial charge >= 0.3 is 5.69 Å². The summed E-state index contributed by atoms with van der Waals surface area (Å²) in [5, 5.41) is 3.62. The predicted octanol–water partition coefficient (Wildman–Crippen LogP) is -1.93. The quantitative estimate of drug-likeness (QED) is 0.541. The van der Waals surface area contributed by atoms with Crippen LogP contribution in [0.25, 0.3) is 0 Å². The van der Waals surface area contributed by atoms with Crippen molar-refractivity contribution < 1.29 is 4.79 Å². The van der Waals surface area contributed by atoms with Crippen molar-refractivity contribution in [2.45, 2.75) is 6.54 Å². The van der Waals surface area contributed by atoms with Gasteiger partial charge in [0.25, 0.3) is 0 Å². The van der Waals surface area contributed by atoms with Crippen molar-refractivity contribution in [2.24, 2.45) is 12.8 Å². The van der Waals surface area contributed by atoms with Crippen molar-refractivity contribution >= 4 is 5.91 Å². The lowest BCUT2D eigenvalue weighted by molar-refractivity contribution is -0.118. The molecule has 0 aliphatic carbocycles. The maximum absolute atomic E-state index is 11.0. The molecule has 0 unspecified atom stereocenters. The molecule has 0 aliphatic heterocycles. The fourth-order valence-electron chi connectivity index (χ4n) is 0.677. The summed E-state index contributed by atoms with van der Waals surface area (Å²) < 4.78 is 2.27. The van der Waals surface area contributed by atoms with Crippen LogP contribution in [0.5, 0.6) is 0 Å². The first-order valence-electron chi connectivity index (χ1n) is 2.98. The first-order chi connectivity index (χ1) is 5.11. The summed E-state index contributed by atoms with van der Waals surface area (Å²) in [5.74, 6) is -0.578. The molecule has 0 aromatic carbocycles. The van der Waals surface area contributed by atoms with Crippen LogP contribution in [0.15, 0.2) is 11.1 Å². The highest BCUT2D eigenvalue weighted by atomic mass is 16.2. The Labute approximate surface area is 62.2 Å². The molecule has 0 fully saturated rings. The van der Waals surface area contributed by atoms with Gasteiger partial charge in [-0.1, -0.05) is 0 Å². The Hall–Kier alpha value is -1.59. The third-order valence-electron chi connectivity index (χ3n) is 1.19. The van der Waals surface area contributed by atoms with Crippen LogP contribution in [0.2, 0.25) is 0 Å². The minimum atomic E-state index is -0.578. The van der Waals surface area contributed by atoms with Gasteiger partial charge in [-0.15, -0.1) is 0 Å². The first-order valence-corrected chi connectivity index (χ1v) is 2.98. The van der Waals surface area contributed by atoms with Gasteiger partial charge in [-0.05, 0) is 0 Å². The molecule has 1 aromatic rings. The van der Waals surface area contributed by atoms with Crippen molar-refractivity contribution in [1.82, 2.24) is 14.3 Å². The average Bonchev–Trinajstić information content (AvgIpc) is 2.18. The van der Waals surface area contributed by atoms with E-state index in [1.165, 1.54) is 10.9 Å². The van der Waals surface area contributed by atoms with Crippen molar-refractivity contribution in [2.75, 3.05) is 0 Å². The number of amides is 1. The molecule has 6 heteroatoms. The Morgan fingerprint density at radius 3 is 2.82 bits per heavy atom. The number of rotatable bonds is 2. The molecule has 0 aliphatic rings. The van der Waals surface area contributed by atoms with E-state index in [2.05, 4.69) is 5.10 Å². The second-order valence-corrected chi connectivity index (χ2v) is 2.15. The summed E-state index contributed by atoms with van der Waals surface area (Å²) in [4.78, 5) is 21.3. The predicted molar refractivity (Wildman–Crippen MR) is 36.7 cm³/mol. The first kappa shape index (κ1) is 7.52. The molecule has 60 valence electrons. The number of aryl methyl sites for hydroxylation is 1. The van der Waals surface area contributed by atoms with E-state index in [0.29, 0.717) is 0 Å². The third kappa shape index (κ3) is 1.46. The number of nitrogens with zero attached hydrogens (tertiary/aromatic N) is 3. The summed E-state index contributed by atoms with van der Waals surface area (Å²) in [6, 6.07) is 0. The Kier molecular flexibility index (Phi) is 1.75. The van der Waals surface area contributed by atoms with Gasteiger partial charge in [0.05, 0.1) is 0 Å². The summed E-state index contributed by atoms with van der Waals surface area (Å²) in [5.41, 5.74) is 4.51. The normalized spacial score (nSPS) is 9.91.